The highest BCUT2D eigenvalue weighted by Gasteiger charge is 2.50. The van der Waals surface area contributed by atoms with Crippen LogP contribution in [0.2, 0.25) is 5.04 Å². The lowest BCUT2D eigenvalue weighted by Crippen LogP contribution is -2.67. The maximum absolute atomic E-state index is 14.8. The Kier molecular flexibility index (Phi) is 7.48. The summed E-state index contributed by atoms with van der Waals surface area (Å²) < 4.78 is 27.4. The number of aryl methyl sites for hydroxylation is 1. The van der Waals surface area contributed by atoms with Gasteiger partial charge >= 0.3 is 5.97 Å². The van der Waals surface area contributed by atoms with Crippen molar-refractivity contribution in [2.45, 2.75) is 45.8 Å². The highest BCUT2D eigenvalue weighted by atomic mass is 28.4. The largest absolute Gasteiger partial charge is 0.507 e. The number of aromatic carboxylic acids is 1. The monoisotopic (exact) mass is 482 g/mol. The second-order valence-corrected chi connectivity index (χ2v) is 13.7. The van der Waals surface area contributed by atoms with Gasteiger partial charge in [0.2, 0.25) is 0 Å². The Hall–Kier alpha value is -3.16. The van der Waals surface area contributed by atoms with Crippen LogP contribution in [0.5, 0.6) is 11.5 Å². The van der Waals surface area contributed by atoms with Crippen LogP contribution in [-0.2, 0) is 4.43 Å². The van der Waals surface area contributed by atoms with Crippen molar-refractivity contribution in [2.75, 3.05) is 6.61 Å². The van der Waals surface area contributed by atoms with Gasteiger partial charge in [-0.05, 0) is 40.9 Å². The number of halogens is 1. The van der Waals surface area contributed by atoms with E-state index in [0.29, 0.717) is 0 Å². The Morgan fingerprint density at radius 3 is 1.97 bits per heavy atom. The number of carboxylic acid groups (broad SMARTS) is 1. The SMILES string of the molecule is Cc1cc(O)c(C(=O)O)c(OC(C)CO[Si](c2ccccc2)(c2ccccc2)C(C)(C)C)c1F. The van der Waals surface area contributed by atoms with Crippen molar-refractivity contribution in [1.29, 1.82) is 0 Å². The van der Waals surface area contributed by atoms with Gasteiger partial charge in [0.15, 0.2) is 11.6 Å². The lowest BCUT2D eigenvalue weighted by Gasteiger charge is -2.43. The van der Waals surface area contributed by atoms with Crippen molar-refractivity contribution in [1.82, 2.24) is 0 Å². The number of rotatable bonds is 8. The van der Waals surface area contributed by atoms with Crippen molar-refractivity contribution in [3.63, 3.8) is 0 Å². The first-order chi connectivity index (χ1) is 16.0. The van der Waals surface area contributed by atoms with Crippen LogP contribution in [-0.4, -0.2) is 37.2 Å². The molecular formula is C27H31FO5Si. The summed E-state index contributed by atoms with van der Waals surface area (Å²) in [6.45, 7) is 9.67. The van der Waals surface area contributed by atoms with Gasteiger partial charge in [-0.15, -0.1) is 0 Å². The molecule has 0 saturated heterocycles. The van der Waals surface area contributed by atoms with Crippen LogP contribution in [0.25, 0.3) is 0 Å². The maximum Gasteiger partial charge on any atom is 0.343 e. The van der Waals surface area contributed by atoms with Crippen LogP contribution >= 0.6 is 0 Å². The first kappa shape index (κ1) is 25.5. The highest BCUT2D eigenvalue weighted by Crippen LogP contribution is 2.38. The van der Waals surface area contributed by atoms with Gasteiger partial charge in [0.05, 0.1) is 6.61 Å². The highest BCUT2D eigenvalue weighted by molar-refractivity contribution is 6.99. The minimum Gasteiger partial charge on any atom is -0.507 e. The van der Waals surface area contributed by atoms with Gasteiger partial charge in [0.25, 0.3) is 8.32 Å². The standard InChI is InChI=1S/C27H31FO5Si/c1-18-16-22(29)23(26(30)31)25(24(18)28)33-19(2)17-32-34(27(3,4)5,20-12-8-6-9-13-20)21-14-10-7-11-15-21/h6-16,19,29H,17H2,1-5H3,(H,30,31). The number of hydrogen-bond acceptors (Lipinski definition) is 4. The number of aromatic hydroxyl groups is 1. The fraction of sp³-hybridized carbons (Fsp3) is 0.296. The van der Waals surface area contributed by atoms with Crippen LogP contribution in [0.3, 0.4) is 0 Å². The summed E-state index contributed by atoms with van der Waals surface area (Å²) >= 11 is 0. The molecule has 180 valence electrons. The molecule has 0 amide bonds. The zero-order valence-electron chi connectivity index (χ0n) is 20.1. The van der Waals surface area contributed by atoms with E-state index in [1.54, 1.807) is 6.92 Å². The quantitative estimate of drug-likeness (QED) is 0.448. The Morgan fingerprint density at radius 2 is 1.53 bits per heavy atom. The van der Waals surface area contributed by atoms with Gasteiger partial charge in [-0.1, -0.05) is 81.4 Å². The minimum atomic E-state index is -2.84. The fourth-order valence-electron chi connectivity index (χ4n) is 4.30. The number of carboxylic acids is 1. The van der Waals surface area contributed by atoms with E-state index in [4.69, 9.17) is 9.16 Å². The molecule has 0 aliphatic carbocycles. The third kappa shape index (κ3) is 4.86. The Labute approximate surface area is 200 Å². The molecule has 0 fully saturated rings. The predicted octanol–water partition coefficient (Wildman–Crippen LogP) is 4.88. The van der Waals surface area contributed by atoms with E-state index >= 15 is 0 Å². The number of carbonyl (C=O) groups is 1. The van der Waals surface area contributed by atoms with E-state index in [1.807, 2.05) is 36.4 Å². The molecule has 34 heavy (non-hydrogen) atoms. The van der Waals surface area contributed by atoms with E-state index in [1.165, 1.54) is 6.92 Å². The Balaban J connectivity index is 2.00. The van der Waals surface area contributed by atoms with Crippen LogP contribution in [0.15, 0.2) is 66.7 Å². The molecule has 3 aromatic carbocycles. The van der Waals surface area contributed by atoms with Crippen molar-refractivity contribution in [3.8, 4) is 11.5 Å². The number of phenols is 1. The maximum atomic E-state index is 14.8. The van der Waals surface area contributed by atoms with Crippen LogP contribution in [0.4, 0.5) is 4.39 Å². The normalized spacial score (nSPS) is 12.9. The van der Waals surface area contributed by atoms with Gasteiger partial charge < -0.3 is 19.4 Å². The van der Waals surface area contributed by atoms with Gasteiger partial charge in [0, 0.05) is 0 Å². The van der Waals surface area contributed by atoms with E-state index in [-0.39, 0.29) is 17.2 Å². The third-order valence-corrected chi connectivity index (χ3v) is 10.9. The first-order valence-corrected chi connectivity index (χ1v) is 13.1. The Morgan fingerprint density at radius 1 is 1.03 bits per heavy atom. The average Bonchev–Trinajstić information content (AvgIpc) is 2.78. The van der Waals surface area contributed by atoms with E-state index in [2.05, 4.69) is 45.0 Å². The molecule has 0 aliphatic rings. The molecule has 0 aliphatic heterocycles. The molecule has 2 N–H and O–H groups in total. The second-order valence-electron chi connectivity index (χ2n) is 9.44. The van der Waals surface area contributed by atoms with Crippen molar-refractivity contribution in [3.05, 3.63) is 83.7 Å². The topological polar surface area (TPSA) is 76.0 Å². The van der Waals surface area contributed by atoms with E-state index in [0.717, 1.165) is 16.4 Å². The zero-order chi connectivity index (χ0) is 25.1. The minimum absolute atomic E-state index is 0.0950. The summed E-state index contributed by atoms with van der Waals surface area (Å²) in [6.07, 6.45) is -0.685. The van der Waals surface area contributed by atoms with Crippen LogP contribution in [0, 0.1) is 12.7 Å². The van der Waals surface area contributed by atoms with Crippen molar-refractivity contribution < 1.29 is 28.6 Å². The van der Waals surface area contributed by atoms with Crippen molar-refractivity contribution >= 4 is 24.7 Å². The summed E-state index contributed by atoms with van der Waals surface area (Å²) in [5.41, 5.74) is -0.502. The number of ether oxygens (including phenoxy) is 1. The van der Waals surface area contributed by atoms with E-state index in [9.17, 15) is 19.4 Å². The van der Waals surface area contributed by atoms with Crippen molar-refractivity contribution in [2.24, 2.45) is 0 Å². The summed E-state index contributed by atoms with van der Waals surface area (Å²) in [5.74, 6) is -3.30. The first-order valence-electron chi connectivity index (χ1n) is 11.2. The molecular weight excluding hydrogens is 451 g/mol. The molecule has 0 spiro atoms. The summed E-state index contributed by atoms with van der Waals surface area (Å²) in [5, 5.41) is 21.5. The predicted molar refractivity (Wildman–Crippen MR) is 133 cm³/mol. The zero-order valence-corrected chi connectivity index (χ0v) is 21.1. The third-order valence-electron chi connectivity index (χ3n) is 5.87. The molecule has 3 rings (SSSR count). The molecule has 7 heteroatoms. The molecule has 0 heterocycles. The lowest BCUT2D eigenvalue weighted by atomic mass is 10.1. The smallest absolute Gasteiger partial charge is 0.343 e. The van der Waals surface area contributed by atoms with Gasteiger partial charge in [-0.25, -0.2) is 9.18 Å². The summed E-state index contributed by atoms with van der Waals surface area (Å²) in [7, 11) is -2.84. The lowest BCUT2D eigenvalue weighted by molar-refractivity contribution is 0.0678. The molecule has 0 radical (unpaired) electrons. The summed E-state index contributed by atoms with van der Waals surface area (Å²) in [4.78, 5) is 11.7. The van der Waals surface area contributed by atoms with Gasteiger partial charge in [0.1, 0.15) is 17.4 Å². The molecule has 0 aromatic heterocycles. The van der Waals surface area contributed by atoms with Gasteiger partial charge in [-0.3, -0.25) is 0 Å². The van der Waals surface area contributed by atoms with Crippen LogP contribution in [0.1, 0.15) is 43.6 Å². The second kappa shape index (κ2) is 9.99. The Bertz CT molecular complexity index is 1100. The summed E-state index contributed by atoms with van der Waals surface area (Å²) in [6, 6.07) is 21.2. The average molecular weight is 483 g/mol. The van der Waals surface area contributed by atoms with Gasteiger partial charge in [-0.2, -0.15) is 0 Å². The molecule has 1 atom stereocenters. The fourth-order valence-corrected chi connectivity index (χ4v) is 8.94. The molecule has 0 saturated carbocycles. The number of benzene rings is 3. The van der Waals surface area contributed by atoms with Crippen LogP contribution < -0.4 is 15.1 Å². The number of hydrogen-bond donors (Lipinski definition) is 2. The molecule has 3 aromatic rings. The molecule has 5 nitrogen and oxygen atoms in total. The molecule has 0 bridgehead atoms. The molecule has 1 unspecified atom stereocenters. The van der Waals surface area contributed by atoms with E-state index < -0.39 is 43.3 Å².